The van der Waals surface area contributed by atoms with Crippen molar-refractivity contribution in [1.82, 2.24) is 0 Å². The zero-order chi connectivity index (χ0) is 14.4. The first-order valence-corrected chi connectivity index (χ1v) is 6.54. The molecule has 1 unspecified atom stereocenters. The molecule has 2 aromatic rings. The Morgan fingerprint density at radius 2 is 1.85 bits per heavy atom. The predicted molar refractivity (Wildman–Crippen MR) is 78.1 cm³/mol. The van der Waals surface area contributed by atoms with Crippen LogP contribution in [0.3, 0.4) is 0 Å². The van der Waals surface area contributed by atoms with Crippen molar-refractivity contribution in [2.24, 2.45) is 0 Å². The highest BCUT2D eigenvalue weighted by molar-refractivity contribution is 5.97. The molecule has 20 heavy (non-hydrogen) atoms. The van der Waals surface area contributed by atoms with E-state index in [9.17, 15) is 4.79 Å². The Morgan fingerprint density at radius 1 is 1.10 bits per heavy atom. The summed E-state index contributed by atoms with van der Waals surface area (Å²) in [6.07, 6.45) is -0.106. The number of methoxy groups -OCH3 is 1. The van der Waals surface area contributed by atoms with E-state index in [-0.39, 0.29) is 18.5 Å². The number of hydrogen-bond acceptors (Lipinski definition) is 3. The number of hydrogen-bond donors (Lipinski definition) is 0. The highest BCUT2D eigenvalue weighted by atomic mass is 16.5. The summed E-state index contributed by atoms with van der Waals surface area (Å²) in [6, 6.07) is 16.9. The normalized spacial score (nSPS) is 11.9. The van der Waals surface area contributed by atoms with E-state index in [0.29, 0.717) is 11.3 Å². The first-order valence-electron chi connectivity index (χ1n) is 6.54. The monoisotopic (exact) mass is 270 g/mol. The van der Waals surface area contributed by atoms with Gasteiger partial charge in [0.15, 0.2) is 5.78 Å². The lowest BCUT2D eigenvalue weighted by atomic mass is 10.1. The quantitative estimate of drug-likeness (QED) is 0.751. The highest BCUT2D eigenvalue weighted by Crippen LogP contribution is 2.17. The Morgan fingerprint density at radius 3 is 2.55 bits per heavy atom. The minimum absolute atomic E-state index is 0.0494. The van der Waals surface area contributed by atoms with Crippen LogP contribution in [0.15, 0.2) is 54.6 Å². The van der Waals surface area contributed by atoms with Gasteiger partial charge in [-0.15, -0.1) is 0 Å². The number of carbonyl (C=O) groups excluding carboxylic acids is 1. The first kappa shape index (κ1) is 14.3. The molecular formula is C17H18O3. The van der Waals surface area contributed by atoms with Crippen molar-refractivity contribution in [2.75, 3.05) is 13.7 Å². The van der Waals surface area contributed by atoms with Crippen molar-refractivity contribution in [2.45, 2.75) is 13.0 Å². The van der Waals surface area contributed by atoms with Gasteiger partial charge in [0.05, 0.1) is 13.2 Å². The fourth-order valence-corrected chi connectivity index (χ4v) is 1.90. The van der Waals surface area contributed by atoms with E-state index in [4.69, 9.17) is 9.47 Å². The van der Waals surface area contributed by atoms with Crippen molar-refractivity contribution >= 4 is 5.78 Å². The first-order chi connectivity index (χ1) is 9.70. The Kier molecular flexibility index (Phi) is 4.91. The Bertz CT molecular complexity index is 563. The third kappa shape index (κ3) is 3.68. The number of Topliss-reactive ketones (excluding diaryl/α,β-unsaturated/α-hetero) is 1. The molecule has 0 aliphatic heterocycles. The summed E-state index contributed by atoms with van der Waals surface area (Å²) in [5, 5.41) is 0. The maximum atomic E-state index is 12.1. The predicted octanol–water partition coefficient (Wildman–Crippen LogP) is 3.66. The number of carbonyl (C=O) groups is 1. The van der Waals surface area contributed by atoms with Crippen molar-refractivity contribution in [3.8, 4) is 5.75 Å². The molecule has 3 nitrogen and oxygen atoms in total. The average Bonchev–Trinajstić information content (AvgIpc) is 2.53. The van der Waals surface area contributed by atoms with Gasteiger partial charge in [-0.3, -0.25) is 4.79 Å². The SMILES string of the molecule is COc1cccc(C(=O)COC(C)c2ccccc2)c1. The molecule has 0 fully saturated rings. The Balaban J connectivity index is 1.95. The summed E-state index contributed by atoms with van der Waals surface area (Å²) in [5.41, 5.74) is 1.66. The lowest BCUT2D eigenvalue weighted by Gasteiger charge is -2.13. The topological polar surface area (TPSA) is 35.5 Å². The van der Waals surface area contributed by atoms with Crippen LogP contribution < -0.4 is 4.74 Å². The summed E-state index contributed by atoms with van der Waals surface area (Å²) in [4.78, 5) is 12.1. The standard InChI is InChI=1S/C17H18O3/c1-13(14-7-4-3-5-8-14)20-12-17(18)15-9-6-10-16(11-15)19-2/h3-11,13H,12H2,1-2H3. The largest absolute Gasteiger partial charge is 0.497 e. The molecule has 0 aromatic heterocycles. The summed E-state index contributed by atoms with van der Waals surface area (Å²) in [6.45, 7) is 2.00. The summed E-state index contributed by atoms with van der Waals surface area (Å²) in [5.74, 6) is 0.624. The van der Waals surface area contributed by atoms with Crippen LogP contribution in [0.4, 0.5) is 0 Å². The third-order valence-electron chi connectivity index (χ3n) is 3.13. The van der Waals surface area contributed by atoms with Crippen molar-refractivity contribution < 1.29 is 14.3 Å². The number of rotatable bonds is 6. The molecule has 0 bridgehead atoms. The van der Waals surface area contributed by atoms with Crippen molar-refractivity contribution in [3.05, 3.63) is 65.7 Å². The summed E-state index contributed by atoms with van der Waals surface area (Å²) >= 11 is 0. The van der Waals surface area contributed by atoms with E-state index in [1.807, 2.05) is 43.3 Å². The molecule has 0 radical (unpaired) electrons. The molecule has 0 saturated carbocycles. The van der Waals surface area contributed by atoms with E-state index in [2.05, 4.69) is 0 Å². The lowest BCUT2D eigenvalue weighted by molar-refractivity contribution is 0.0521. The van der Waals surface area contributed by atoms with E-state index >= 15 is 0 Å². The number of benzene rings is 2. The molecule has 2 rings (SSSR count). The van der Waals surface area contributed by atoms with Gasteiger partial charge in [-0.1, -0.05) is 42.5 Å². The summed E-state index contributed by atoms with van der Waals surface area (Å²) in [7, 11) is 1.58. The van der Waals surface area contributed by atoms with Crippen LogP contribution in [0.25, 0.3) is 0 Å². The van der Waals surface area contributed by atoms with Crippen LogP contribution in [0, 0.1) is 0 Å². The van der Waals surface area contributed by atoms with Crippen LogP contribution in [-0.2, 0) is 4.74 Å². The van der Waals surface area contributed by atoms with Gasteiger partial charge in [-0.25, -0.2) is 0 Å². The molecule has 0 heterocycles. The lowest BCUT2D eigenvalue weighted by Crippen LogP contribution is -2.11. The smallest absolute Gasteiger partial charge is 0.188 e. The maximum absolute atomic E-state index is 12.1. The molecule has 0 aliphatic rings. The minimum Gasteiger partial charge on any atom is -0.497 e. The van der Waals surface area contributed by atoms with Crippen molar-refractivity contribution in [3.63, 3.8) is 0 Å². The Hall–Kier alpha value is -2.13. The van der Waals surface area contributed by atoms with Crippen LogP contribution >= 0.6 is 0 Å². The van der Waals surface area contributed by atoms with Gasteiger partial charge < -0.3 is 9.47 Å². The second kappa shape index (κ2) is 6.87. The van der Waals surface area contributed by atoms with Gasteiger partial charge in [-0.2, -0.15) is 0 Å². The van der Waals surface area contributed by atoms with Crippen LogP contribution in [-0.4, -0.2) is 19.5 Å². The molecule has 0 N–H and O–H groups in total. The van der Waals surface area contributed by atoms with Gasteiger partial charge in [-0.05, 0) is 24.6 Å². The van der Waals surface area contributed by atoms with Gasteiger partial charge in [0.2, 0.25) is 0 Å². The number of ether oxygens (including phenoxy) is 2. The van der Waals surface area contributed by atoms with E-state index in [1.165, 1.54) is 0 Å². The van der Waals surface area contributed by atoms with Gasteiger partial charge in [0.1, 0.15) is 12.4 Å². The van der Waals surface area contributed by atoms with Crippen LogP contribution in [0.1, 0.15) is 28.9 Å². The zero-order valence-electron chi connectivity index (χ0n) is 11.7. The van der Waals surface area contributed by atoms with E-state index < -0.39 is 0 Å². The fraction of sp³-hybridized carbons (Fsp3) is 0.235. The molecular weight excluding hydrogens is 252 g/mol. The highest BCUT2D eigenvalue weighted by Gasteiger charge is 2.11. The Labute approximate surface area is 119 Å². The molecule has 1 atom stereocenters. The van der Waals surface area contributed by atoms with Gasteiger partial charge >= 0.3 is 0 Å². The molecule has 3 heteroatoms. The van der Waals surface area contributed by atoms with Crippen molar-refractivity contribution in [1.29, 1.82) is 0 Å². The average molecular weight is 270 g/mol. The second-order valence-corrected chi connectivity index (χ2v) is 4.52. The van der Waals surface area contributed by atoms with Gasteiger partial charge in [0.25, 0.3) is 0 Å². The molecule has 0 saturated heterocycles. The molecule has 104 valence electrons. The van der Waals surface area contributed by atoms with Gasteiger partial charge in [0, 0.05) is 5.56 Å². The summed E-state index contributed by atoms with van der Waals surface area (Å²) < 4.78 is 10.7. The third-order valence-corrected chi connectivity index (χ3v) is 3.13. The maximum Gasteiger partial charge on any atom is 0.188 e. The van der Waals surface area contributed by atoms with Crippen LogP contribution in [0.2, 0.25) is 0 Å². The minimum atomic E-state index is -0.106. The number of ketones is 1. The second-order valence-electron chi connectivity index (χ2n) is 4.52. The molecule has 0 spiro atoms. The van der Waals surface area contributed by atoms with Crippen LogP contribution in [0.5, 0.6) is 5.75 Å². The molecule has 2 aromatic carbocycles. The molecule has 0 amide bonds. The van der Waals surface area contributed by atoms with E-state index in [1.54, 1.807) is 25.3 Å². The van der Waals surface area contributed by atoms with E-state index in [0.717, 1.165) is 5.56 Å². The fourth-order valence-electron chi connectivity index (χ4n) is 1.90. The molecule has 0 aliphatic carbocycles. The zero-order valence-corrected chi connectivity index (χ0v) is 11.7.